The number of rotatable bonds is 0. The summed E-state index contributed by atoms with van der Waals surface area (Å²) in [7, 11) is 0. The predicted molar refractivity (Wildman–Crippen MR) is 48.0 cm³/mol. The van der Waals surface area contributed by atoms with Gasteiger partial charge in [-0.3, -0.25) is 0 Å². The Hall–Kier alpha value is 0.750. The summed E-state index contributed by atoms with van der Waals surface area (Å²) in [6, 6.07) is 7.05. The van der Waals surface area contributed by atoms with Crippen molar-refractivity contribution in [1.29, 1.82) is 0 Å². The zero-order valence-electron chi connectivity index (χ0n) is 4.13. The second-order valence-corrected chi connectivity index (χ2v) is 2.72. The van der Waals surface area contributed by atoms with E-state index < -0.39 is 0 Å². The van der Waals surface area contributed by atoms with Gasteiger partial charge in [-0.05, 0) is 46.9 Å². The van der Waals surface area contributed by atoms with E-state index in [4.69, 9.17) is 5.11 Å². The van der Waals surface area contributed by atoms with Crippen LogP contribution in [0, 0.1) is 3.57 Å². The topological polar surface area (TPSA) is 20.2 Å². The molecule has 1 nitrogen and oxygen atoms in total. The van der Waals surface area contributed by atoms with Gasteiger partial charge in [-0.2, -0.15) is 0 Å². The van der Waals surface area contributed by atoms with Crippen LogP contribution in [0.15, 0.2) is 24.3 Å². The summed E-state index contributed by atoms with van der Waals surface area (Å²) in [5.41, 5.74) is 0. The molecule has 0 unspecified atom stereocenters. The van der Waals surface area contributed by atoms with Crippen LogP contribution >= 0.6 is 22.6 Å². The van der Waals surface area contributed by atoms with Gasteiger partial charge in [0, 0.05) is 3.57 Å². The molecule has 0 saturated carbocycles. The summed E-state index contributed by atoms with van der Waals surface area (Å²) >= 11 is 2.19. The fraction of sp³-hybridized carbons (Fsp3) is 0. The molecule has 0 radical (unpaired) electrons. The van der Waals surface area contributed by atoms with Gasteiger partial charge in [-0.15, -0.1) is 0 Å². The number of hydrogen-bond donors (Lipinski definition) is 1. The predicted octanol–water partition coefficient (Wildman–Crippen LogP) is 1.35. The third-order valence-corrected chi connectivity index (χ3v) is 1.55. The molecule has 0 aromatic heterocycles. The molecule has 0 aliphatic heterocycles. The summed E-state index contributed by atoms with van der Waals surface area (Å²) in [4.78, 5) is 0. The Morgan fingerprint density at radius 1 is 1.11 bits per heavy atom. The van der Waals surface area contributed by atoms with E-state index in [2.05, 4.69) is 22.6 Å². The van der Waals surface area contributed by atoms with Crippen molar-refractivity contribution in [3.05, 3.63) is 27.8 Å². The monoisotopic (exact) mass is 244 g/mol. The van der Waals surface area contributed by atoms with Crippen molar-refractivity contribution in [3.63, 3.8) is 0 Å². The number of halogens is 1. The molecule has 0 fully saturated rings. The summed E-state index contributed by atoms with van der Waals surface area (Å²) in [6.07, 6.45) is 0. The van der Waals surface area contributed by atoms with Crippen LogP contribution in [0.3, 0.4) is 0 Å². The van der Waals surface area contributed by atoms with Crippen molar-refractivity contribution in [2.75, 3.05) is 0 Å². The van der Waals surface area contributed by atoms with Gasteiger partial charge >= 0.3 is 29.6 Å². The standard InChI is InChI=1S/C6H5IO.Na.H/c7-5-1-3-6(8)4-2-5;;/h1-4,8H;;. The van der Waals surface area contributed by atoms with Gasteiger partial charge in [0.2, 0.25) is 0 Å². The quantitative estimate of drug-likeness (QED) is 0.539. The number of phenols is 1. The number of benzene rings is 1. The zero-order valence-corrected chi connectivity index (χ0v) is 6.29. The normalized spacial score (nSPS) is 8.11. The molecule has 0 spiro atoms. The molecule has 0 amide bonds. The SMILES string of the molecule is Oc1ccc(I)cc1.[NaH]. The average Bonchev–Trinajstić information content (AvgIpc) is 1.77. The van der Waals surface area contributed by atoms with E-state index in [0.29, 0.717) is 5.75 Å². The van der Waals surface area contributed by atoms with Gasteiger partial charge < -0.3 is 5.11 Å². The first kappa shape index (κ1) is 9.75. The van der Waals surface area contributed by atoms with Crippen LogP contribution in [-0.2, 0) is 0 Å². The van der Waals surface area contributed by atoms with E-state index in [-0.39, 0.29) is 29.6 Å². The Bertz CT molecular complexity index is 152. The molecule has 1 rings (SSSR count). The second kappa shape index (κ2) is 4.55. The number of phenolic OH excluding ortho intramolecular Hbond substituents is 1. The van der Waals surface area contributed by atoms with Crippen molar-refractivity contribution in [2.45, 2.75) is 0 Å². The first-order chi connectivity index (χ1) is 3.79. The molecule has 0 atom stereocenters. The van der Waals surface area contributed by atoms with Crippen molar-refractivity contribution in [3.8, 4) is 5.75 Å². The van der Waals surface area contributed by atoms with E-state index in [0.717, 1.165) is 3.57 Å². The number of hydrogen-bond acceptors (Lipinski definition) is 1. The van der Waals surface area contributed by atoms with Crippen molar-refractivity contribution in [2.24, 2.45) is 0 Å². The van der Waals surface area contributed by atoms with Gasteiger partial charge in [0.15, 0.2) is 0 Å². The fourth-order valence-electron chi connectivity index (χ4n) is 0.441. The summed E-state index contributed by atoms with van der Waals surface area (Å²) in [5, 5.41) is 8.75. The molecule has 0 aliphatic rings. The Morgan fingerprint density at radius 2 is 1.56 bits per heavy atom. The Labute approximate surface area is 89.9 Å². The average molecular weight is 244 g/mol. The third-order valence-electron chi connectivity index (χ3n) is 0.827. The van der Waals surface area contributed by atoms with Gasteiger partial charge in [0.1, 0.15) is 5.75 Å². The molecular formula is C6H6INaO. The van der Waals surface area contributed by atoms with Crippen LogP contribution in [0.4, 0.5) is 0 Å². The first-order valence-electron chi connectivity index (χ1n) is 2.23. The number of aromatic hydroxyl groups is 1. The third kappa shape index (κ3) is 3.45. The van der Waals surface area contributed by atoms with E-state index in [9.17, 15) is 0 Å². The molecule has 0 aliphatic carbocycles. The maximum atomic E-state index is 8.75. The maximum absolute atomic E-state index is 8.75. The molecule has 1 aromatic rings. The summed E-state index contributed by atoms with van der Waals surface area (Å²) in [5.74, 6) is 0.324. The van der Waals surface area contributed by atoms with Crippen LogP contribution < -0.4 is 0 Å². The molecule has 0 bridgehead atoms. The van der Waals surface area contributed by atoms with Gasteiger partial charge in [-0.25, -0.2) is 0 Å². The molecule has 1 aromatic carbocycles. The zero-order chi connectivity index (χ0) is 5.98. The minimum atomic E-state index is 0. The molecule has 3 heteroatoms. The molecule has 44 valence electrons. The molecule has 0 saturated heterocycles. The Kier molecular flexibility index (Phi) is 4.93. The van der Waals surface area contributed by atoms with Crippen LogP contribution in [-0.4, -0.2) is 34.7 Å². The van der Waals surface area contributed by atoms with Crippen molar-refractivity contribution >= 4 is 52.1 Å². The van der Waals surface area contributed by atoms with Crippen molar-refractivity contribution in [1.82, 2.24) is 0 Å². The second-order valence-electron chi connectivity index (χ2n) is 1.48. The van der Waals surface area contributed by atoms with Crippen LogP contribution in [0.2, 0.25) is 0 Å². The van der Waals surface area contributed by atoms with E-state index >= 15 is 0 Å². The summed E-state index contributed by atoms with van der Waals surface area (Å²) < 4.78 is 1.14. The summed E-state index contributed by atoms with van der Waals surface area (Å²) in [6.45, 7) is 0. The Balaban J connectivity index is 0.000000640. The van der Waals surface area contributed by atoms with Gasteiger partial charge in [0.05, 0.1) is 0 Å². The van der Waals surface area contributed by atoms with E-state index in [1.54, 1.807) is 12.1 Å². The van der Waals surface area contributed by atoms with Crippen LogP contribution in [0.5, 0.6) is 5.75 Å². The Morgan fingerprint density at radius 3 is 1.89 bits per heavy atom. The van der Waals surface area contributed by atoms with E-state index in [1.165, 1.54) is 0 Å². The van der Waals surface area contributed by atoms with Gasteiger partial charge in [-0.1, -0.05) is 0 Å². The molecular weight excluding hydrogens is 238 g/mol. The van der Waals surface area contributed by atoms with Crippen LogP contribution in [0.25, 0.3) is 0 Å². The van der Waals surface area contributed by atoms with Gasteiger partial charge in [0.25, 0.3) is 0 Å². The van der Waals surface area contributed by atoms with Crippen molar-refractivity contribution < 1.29 is 5.11 Å². The first-order valence-corrected chi connectivity index (χ1v) is 3.31. The molecule has 0 heterocycles. The van der Waals surface area contributed by atoms with E-state index in [1.807, 2.05) is 12.1 Å². The fourth-order valence-corrected chi connectivity index (χ4v) is 0.801. The minimum absolute atomic E-state index is 0. The van der Waals surface area contributed by atoms with Crippen LogP contribution in [0.1, 0.15) is 0 Å². The molecule has 1 N–H and O–H groups in total. The molecule has 9 heavy (non-hydrogen) atoms.